The van der Waals surface area contributed by atoms with E-state index in [1.165, 1.54) is 0 Å². The van der Waals surface area contributed by atoms with Crippen LogP contribution >= 0.6 is 11.8 Å². The molecule has 1 amide bonds. The molecule has 1 N–H and O–H groups in total. The lowest BCUT2D eigenvalue weighted by molar-refractivity contribution is -0.115. The predicted molar refractivity (Wildman–Crippen MR) is 72.0 cm³/mol. The minimum absolute atomic E-state index is 0.00342. The van der Waals surface area contributed by atoms with Gasteiger partial charge in [0.2, 0.25) is 5.91 Å². The first-order valence-corrected chi connectivity index (χ1v) is 6.79. The van der Waals surface area contributed by atoms with Gasteiger partial charge in [-0.15, -0.1) is 0 Å². The van der Waals surface area contributed by atoms with Gasteiger partial charge in [0, 0.05) is 17.9 Å². The molecule has 0 saturated heterocycles. The molecule has 0 aliphatic rings. The van der Waals surface area contributed by atoms with Crippen LogP contribution in [0.3, 0.4) is 0 Å². The third-order valence-corrected chi connectivity index (χ3v) is 3.29. The van der Waals surface area contributed by atoms with Gasteiger partial charge in [0.05, 0.1) is 11.6 Å². The molecular formula is C13H16N2OS. The number of hydrogen-bond donors (Lipinski definition) is 1. The average Bonchev–Trinajstić information content (AvgIpc) is 2.35. The SMILES string of the molecule is CCCSCCC(=O)Nc1cccc(C#N)c1. The van der Waals surface area contributed by atoms with E-state index in [1.807, 2.05) is 6.07 Å². The fourth-order valence-electron chi connectivity index (χ4n) is 1.30. The van der Waals surface area contributed by atoms with E-state index in [0.29, 0.717) is 17.7 Å². The average molecular weight is 248 g/mol. The van der Waals surface area contributed by atoms with E-state index in [0.717, 1.165) is 17.9 Å². The Hall–Kier alpha value is -1.47. The van der Waals surface area contributed by atoms with Crippen LogP contribution in [0.4, 0.5) is 5.69 Å². The standard InChI is InChI=1S/C13H16N2OS/c1-2-7-17-8-6-13(16)15-12-5-3-4-11(9-12)10-14/h3-5,9H,2,6-8H2,1H3,(H,15,16). The largest absolute Gasteiger partial charge is 0.326 e. The molecular weight excluding hydrogens is 232 g/mol. The van der Waals surface area contributed by atoms with Gasteiger partial charge in [0.15, 0.2) is 0 Å². The third kappa shape index (κ3) is 5.41. The number of rotatable bonds is 6. The Balaban J connectivity index is 2.37. The van der Waals surface area contributed by atoms with Crippen LogP contribution in [0, 0.1) is 11.3 Å². The van der Waals surface area contributed by atoms with Crippen molar-refractivity contribution in [2.75, 3.05) is 16.8 Å². The predicted octanol–water partition coefficient (Wildman–Crippen LogP) is 3.03. The first kappa shape index (κ1) is 13.6. The van der Waals surface area contributed by atoms with Crippen molar-refractivity contribution in [1.29, 1.82) is 5.26 Å². The lowest BCUT2D eigenvalue weighted by atomic mass is 10.2. The van der Waals surface area contributed by atoms with Gasteiger partial charge in [-0.1, -0.05) is 13.0 Å². The molecule has 0 atom stereocenters. The van der Waals surface area contributed by atoms with E-state index in [-0.39, 0.29) is 5.91 Å². The number of nitriles is 1. The van der Waals surface area contributed by atoms with Gasteiger partial charge in [-0.25, -0.2) is 0 Å². The Morgan fingerprint density at radius 2 is 2.29 bits per heavy atom. The van der Waals surface area contributed by atoms with Crippen molar-refractivity contribution in [3.8, 4) is 6.07 Å². The number of anilines is 1. The van der Waals surface area contributed by atoms with E-state index in [9.17, 15) is 4.79 Å². The highest BCUT2D eigenvalue weighted by molar-refractivity contribution is 7.99. The summed E-state index contributed by atoms with van der Waals surface area (Å²) in [5.74, 6) is 1.94. The molecule has 90 valence electrons. The zero-order valence-electron chi connectivity index (χ0n) is 9.90. The summed E-state index contributed by atoms with van der Waals surface area (Å²) in [6.07, 6.45) is 1.65. The molecule has 0 aromatic heterocycles. The number of carbonyl (C=O) groups is 1. The summed E-state index contributed by atoms with van der Waals surface area (Å²) < 4.78 is 0. The van der Waals surface area contributed by atoms with Crippen LogP contribution in [0.1, 0.15) is 25.3 Å². The number of benzene rings is 1. The molecule has 0 unspecified atom stereocenters. The lowest BCUT2D eigenvalue weighted by Gasteiger charge is -2.05. The molecule has 0 radical (unpaired) electrons. The smallest absolute Gasteiger partial charge is 0.225 e. The monoisotopic (exact) mass is 248 g/mol. The lowest BCUT2D eigenvalue weighted by Crippen LogP contribution is -2.12. The summed E-state index contributed by atoms with van der Waals surface area (Å²) in [5.41, 5.74) is 1.25. The highest BCUT2D eigenvalue weighted by atomic mass is 32.2. The second-order valence-corrected chi connectivity index (χ2v) is 4.83. The van der Waals surface area contributed by atoms with Crippen molar-refractivity contribution in [2.45, 2.75) is 19.8 Å². The molecule has 17 heavy (non-hydrogen) atoms. The summed E-state index contributed by atoms with van der Waals surface area (Å²) in [5, 5.41) is 11.5. The maximum atomic E-state index is 11.6. The van der Waals surface area contributed by atoms with Crippen molar-refractivity contribution >= 4 is 23.4 Å². The molecule has 0 aliphatic heterocycles. The number of amides is 1. The molecule has 3 nitrogen and oxygen atoms in total. The van der Waals surface area contributed by atoms with Crippen molar-refractivity contribution in [3.63, 3.8) is 0 Å². The fourth-order valence-corrected chi connectivity index (χ4v) is 2.12. The second-order valence-electron chi connectivity index (χ2n) is 3.60. The second kappa shape index (κ2) is 7.75. The quantitative estimate of drug-likeness (QED) is 0.787. The van der Waals surface area contributed by atoms with Crippen molar-refractivity contribution in [2.24, 2.45) is 0 Å². The summed E-state index contributed by atoms with van der Waals surface area (Å²) in [7, 11) is 0. The summed E-state index contributed by atoms with van der Waals surface area (Å²) in [6.45, 7) is 2.13. The van der Waals surface area contributed by atoms with E-state index < -0.39 is 0 Å². The number of hydrogen-bond acceptors (Lipinski definition) is 3. The van der Waals surface area contributed by atoms with E-state index in [1.54, 1.807) is 36.0 Å². The zero-order chi connectivity index (χ0) is 12.5. The number of thioether (sulfide) groups is 1. The van der Waals surface area contributed by atoms with Gasteiger partial charge < -0.3 is 5.32 Å². The molecule has 4 heteroatoms. The van der Waals surface area contributed by atoms with E-state index in [4.69, 9.17) is 5.26 Å². The Bertz CT molecular complexity index is 412. The van der Waals surface area contributed by atoms with Gasteiger partial charge in [0.1, 0.15) is 0 Å². The molecule has 0 bridgehead atoms. The normalized spacial score (nSPS) is 9.65. The number of nitrogens with zero attached hydrogens (tertiary/aromatic N) is 1. The van der Waals surface area contributed by atoms with Crippen molar-refractivity contribution in [3.05, 3.63) is 29.8 Å². The van der Waals surface area contributed by atoms with Gasteiger partial charge >= 0.3 is 0 Å². The minimum atomic E-state index is 0.00342. The van der Waals surface area contributed by atoms with Crippen LogP contribution in [0.5, 0.6) is 0 Å². The Labute approximate surface area is 106 Å². The first-order chi connectivity index (χ1) is 8.26. The Morgan fingerprint density at radius 3 is 3.00 bits per heavy atom. The Kier molecular flexibility index (Phi) is 6.19. The van der Waals surface area contributed by atoms with Crippen LogP contribution in [0.2, 0.25) is 0 Å². The molecule has 0 aliphatic carbocycles. The molecule has 0 spiro atoms. The highest BCUT2D eigenvalue weighted by Crippen LogP contribution is 2.11. The van der Waals surface area contributed by atoms with Gasteiger partial charge in [0.25, 0.3) is 0 Å². The number of carbonyl (C=O) groups excluding carboxylic acids is 1. The maximum Gasteiger partial charge on any atom is 0.225 e. The van der Waals surface area contributed by atoms with E-state index >= 15 is 0 Å². The van der Waals surface area contributed by atoms with Gasteiger partial charge in [-0.05, 0) is 30.4 Å². The highest BCUT2D eigenvalue weighted by Gasteiger charge is 2.02. The molecule has 1 rings (SSSR count). The van der Waals surface area contributed by atoms with Crippen LogP contribution in [0.15, 0.2) is 24.3 Å². The van der Waals surface area contributed by atoms with Crippen molar-refractivity contribution in [1.82, 2.24) is 0 Å². The summed E-state index contributed by atoms with van der Waals surface area (Å²) >= 11 is 1.79. The molecule has 0 saturated carbocycles. The molecule has 1 aromatic rings. The third-order valence-electron chi connectivity index (χ3n) is 2.10. The summed E-state index contributed by atoms with van der Waals surface area (Å²) in [4.78, 5) is 11.6. The van der Waals surface area contributed by atoms with Crippen LogP contribution in [-0.4, -0.2) is 17.4 Å². The van der Waals surface area contributed by atoms with Gasteiger partial charge in [-0.3, -0.25) is 4.79 Å². The number of nitrogens with one attached hydrogen (secondary N) is 1. The molecule has 0 heterocycles. The molecule has 0 fully saturated rings. The summed E-state index contributed by atoms with van der Waals surface area (Å²) in [6, 6.07) is 8.99. The van der Waals surface area contributed by atoms with Crippen molar-refractivity contribution < 1.29 is 4.79 Å². The fraction of sp³-hybridized carbons (Fsp3) is 0.385. The topological polar surface area (TPSA) is 52.9 Å². The zero-order valence-corrected chi connectivity index (χ0v) is 10.7. The van der Waals surface area contributed by atoms with E-state index in [2.05, 4.69) is 12.2 Å². The minimum Gasteiger partial charge on any atom is -0.326 e. The maximum absolute atomic E-state index is 11.6. The van der Waals surface area contributed by atoms with Gasteiger partial charge in [-0.2, -0.15) is 17.0 Å². The molecule has 1 aromatic carbocycles. The van der Waals surface area contributed by atoms with Crippen LogP contribution in [0.25, 0.3) is 0 Å². The first-order valence-electron chi connectivity index (χ1n) is 5.64. The van der Waals surface area contributed by atoms with Crippen LogP contribution in [-0.2, 0) is 4.79 Å². The Morgan fingerprint density at radius 1 is 1.47 bits per heavy atom. The van der Waals surface area contributed by atoms with Crippen LogP contribution < -0.4 is 5.32 Å².